The van der Waals surface area contributed by atoms with Crippen molar-refractivity contribution in [1.82, 2.24) is 10.2 Å². The largest absolute Gasteiger partial charge is 0.329 e. The number of hydrogen-bond donors (Lipinski definition) is 2. The lowest BCUT2D eigenvalue weighted by Gasteiger charge is -2.34. The van der Waals surface area contributed by atoms with Gasteiger partial charge in [0.05, 0.1) is 0 Å². The molecule has 18 heavy (non-hydrogen) atoms. The molecular formula is C12H20Cl2FN3. The minimum Gasteiger partial charge on any atom is -0.329 e. The summed E-state index contributed by atoms with van der Waals surface area (Å²) in [7, 11) is 0. The van der Waals surface area contributed by atoms with Crippen molar-refractivity contribution in [2.45, 2.75) is 6.04 Å². The molecule has 1 aromatic carbocycles. The van der Waals surface area contributed by atoms with Crippen LogP contribution in [0, 0.1) is 5.82 Å². The average molecular weight is 296 g/mol. The van der Waals surface area contributed by atoms with E-state index in [9.17, 15) is 4.39 Å². The van der Waals surface area contributed by atoms with E-state index in [1.807, 2.05) is 12.1 Å². The van der Waals surface area contributed by atoms with E-state index in [4.69, 9.17) is 5.73 Å². The maximum absolute atomic E-state index is 12.8. The highest BCUT2D eigenvalue weighted by Gasteiger charge is 2.20. The molecule has 0 bridgehead atoms. The Bertz CT molecular complexity index is 329. The maximum Gasteiger partial charge on any atom is 0.123 e. The van der Waals surface area contributed by atoms with Crippen molar-refractivity contribution >= 4 is 24.8 Å². The van der Waals surface area contributed by atoms with E-state index in [2.05, 4.69) is 10.2 Å². The van der Waals surface area contributed by atoms with Crippen LogP contribution < -0.4 is 11.1 Å². The molecule has 0 spiro atoms. The van der Waals surface area contributed by atoms with Crippen LogP contribution in [0.15, 0.2) is 24.3 Å². The number of rotatable bonds is 3. The number of benzene rings is 1. The highest BCUT2D eigenvalue weighted by atomic mass is 35.5. The molecule has 1 aliphatic heterocycles. The first-order valence-corrected chi connectivity index (χ1v) is 5.71. The molecule has 1 aliphatic rings. The molecule has 6 heteroatoms. The Morgan fingerprint density at radius 1 is 1.17 bits per heavy atom. The van der Waals surface area contributed by atoms with E-state index in [1.165, 1.54) is 12.1 Å². The average Bonchev–Trinajstić information content (AvgIpc) is 2.34. The van der Waals surface area contributed by atoms with E-state index in [0.29, 0.717) is 6.54 Å². The molecule has 2 rings (SSSR count). The number of piperazine rings is 1. The number of nitrogens with two attached hydrogens (primary N) is 1. The van der Waals surface area contributed by atoms with Crippen molar-refractivity contribution < 1.29 is 4.39 Å². The predicted octanol–water partition coefficient (Wildman–Crippen LogP) is 1.57. The van der Waals surface area contributed by atoms with Crippen LogP contribution in [0.1, 0.15) is 11.6 Å². The smallest absolute Gasteiger partial charge is 0.123 e. The first-order chi connectivity index (χ1) is 7.81. The van der Waals surface area contributed by atoms with E-state index in [-0.39, 0.29) is 36.7 Å². The lowest BCUT2D eigenvalue weighted by Crippen LogP contribution is -2.46. The molecule has 3 N–H and O–H groups in total. The van der Waals surface area contributed by atoms with Crippen molar-refractivity contribution in [1.29, 1.82) is 0 Å². The molecule has 104 valence electrons. The minimum absolute atomic E-state index is 0. The third kappa shape index (κ3) is 4.37. The zero-order valence-electron chi connectivity index (χ0n) is 10.1. The fourth-order valence-corrected chi connectivity index (χ4v) is 2.17. The van der Waals surface area contributed by atoms with Crippen LogP contribution in [-0.2, 0) is 0 Å². The van der Waals surface area contributed by atoms with Crippen molar-refractivity contribution in [3.8, 4) is 0 Å². The second kappa shape index (κ2) is 8.67. The summed E-state index contributed by atoms with van der Waals surface area (Å²) in [5.41, 5.74) is 6.92. The van der Waals surface area contributed by atoms with Gasteiger partial charge >= 0.3 is 0 Å². The Morgan fingerprint density at radius 2 is 1.72 bits per heavy atom. The third-order valence-electron chi connectivity index (χ3n) is 3.07. The van der Waals surface area contributed by atoms with Crippen molar-refractivity contribution in [3.05, 3.63) is 35.6 Å². The molecule has 0 saturated carbocycles. The molecule has 1 aromatic rings. The molecule has 1 atom stereocenters. The van der Waals surface area contributed by atoms with Gasteiger partial charge in [0.25, 0.3) is 0 Å². The standard InChI is InChI=1S/C12H18FN3.2ClH/c13-11-3-1-10(2-4-11)12(9-14)16-7-5-15-6-8-16;;/h1-4,12,15H,5-9,14H2;2*1H. The van der Waals surface area contributed by atoms with Gasteiger partial charge < -0.3 is 11.1 Å². The van der Waals surface area contributed by atoms with Crippen LogP contribution in [0.5, 0.6) is 0 Å². The Hall–Kier alpha value is -0.390. The number of hydrogen-bond acceptors (Lipinski definition) is 3. The third-order valence-corrected chi connectivity index (χ3v) is 3.07. The Labute approximate surface area is 120 Å². The van der Waals surface area contributed by atoms with Gasteiger partial charge in [0, 0.05) is 38.8 Å². The van der Waals surface area contributed by atoms with E-state index >= 15 is 0 Å². The number of nitrogens with zero attached hydrogens (tertiary/aromatic N) is 1. The summed E-state index contributed by atoms with van der Waals surface area (Å²) in [6.07, 6.45) is 0. The second-order valence-corrected chi connectivity index (χ2v) is 4.09. The van der Waals surface area contributed by atoms with Gasteiger partial charge in [0.15, 0.2) is 0 Å². The molecule has 0 amide bonds. The van der Waals surface area contributed by atoms with Crippen LogP contribution in [-0.4, -0.2) is 37.6 Å². The summed E-state index contributed by atoms with van der Waals surface area (Å²) in [6, 6.07) is 6.87. The van der Waals surface area contributed by atoms with Gasteiger partial charge in [-0.2, -0.15) is 0 Å². The van der Waals surface area contributed by atoms with E-state index in [1.54, 1.807) is 0 Å². The molecule has 1 unspecified atom stereocenters. The van der Waals surface area contributed by atoms with Crippen LogP contribution >= 0.6 is 24.8 Å². The van der Waals surface area contributed by atoms with Crippen molar-refractivity contribution in [3.63, 3.8) is 0 Å². The SMILES string of the molecule is Cl.Cl.NCC(c1ccc(F)cc1)N1CCNCC1. The first kappa shape index (κ1) is 17.6. The van der Waals surface area contributed by atoms with Gasteiger partial charge in [-0.15, -0.1) is 24.8 Å². The molecule has 1 heterocycles. The second-order valence-electron chi connectivity index (χ2n) is 4.09. The van der Waals surface area contributed by atoms with Crippen LogP contribution in [0.3, 0.4) is 0 Å². The van der Waals surface area contributed by atoms with Gasteiger partial charge in [-0.1, -0.05) is 12.1 Å². The zero-order chi connectivity index (χ0) is 11.4. The normalized spacial score (nSPS) is 17.4. The summed E-state index contributed by atoms with van der Waals surface area (Å²) < 4.78 is 12.8. The van der Waals surface area contributed by atoms with Crippen molar-refractivity contribution in [2.24, 2.45) is 5.73 Å². The van der Waals surface area contributed by atoms with Gasteiger partial charge in [-0.25, -0.2) is 4.39 Å². The fourth-order valence-electron chi connectivity index (χ4n) is 2.17. The predicted molar refractivity (Wildman–Crippen MR) is 77.1 cm³/mol. The number of halogens is 3. The lowest BCUT2D eigenvalue weighted by atomic mass is 10.0. The van der Waals surface area contributed by atoms with Gasteiger partial charge in [0.2, 0.25) is 0 Å². The highest BCUT2D eigenvalue weighted by Crippen LogP contribution is 2.20. The van der Waals surface area contributed by atoms with E-state index in [0.717, 1.165) is 31.7 Å². The van der Waals surface area contributed by atoms with Crippen LogP contribution in [0.4, 0.5) is 4.39 Å². The molecular weight excluding hydrogens is 276 g/mol. The summed E-state index contributed by atoms with van der Waals surface area (Å²) >= 11 is 0. The van der Waals surface area contributed by atoms with Gasteiger partial charge in [-0.05, 0) is 17.7 Å². The first-order valence-electron chi connectivity index (χ1n) is 5.71. The summed E-state index contributed by atoms with van der Waals surface area (Å²) in [4.78, 5) is 2.35. The molecule has 3 nitrogen and oxygen atoms in total. The molecule has 1 saturated heterocycles. The number of nitrogens with one attached hydrogen (secondary N) is 1. The highest BCUT2D eigenvalue weighted by molar-refractivity contribution is 5.85. The molecule has 0 aliphatic carbocycles. The topological polar surface area (TPSA) is 41.3 Å². The maximum atomic E-state index is 12.8. The summed E-state index contributed by atoms with van der Waals surface area (Å²) in [6.45, 7) is 4.57. The minimum atomic E-state index is -0.195. The zero-order valence-corrected chi connectivity index (χ0v) is 11.8. The van der Waals surface area contributed by atoms with Gasteiger partial charge in [0.1, 0.15) is 5.82 Å². The Balaban J connectivity index is 0.00000144. The summed E-state index contributed by atoms with van der Waals surface area (Å²) in [5.74, 6) is -0.195. The monoisotopic (exact) mass is 295 g/mol. The van der Waals surface area contributed by atoms with Crippen molar-refractivity contribution in [2.75, 3.05) is 32.7 Å². The van der Waals surface area contributed by atoms with Crippen LogP contribution in [0.2, 0.25) is 0 Å². The van der Waals surface area contributed by atoms with Gasteiger partial charge in [-0.3, -0.25) is 4.90 Å². The molecule has 0 radical (unpaired) electrons. The van der Waals surface area contributed by atoms with E-state index < -0.39 is 0 Å². The molecule has 1 fully saturated rings. The quantitative estimate of drug-likeness (QED) is 0.890. The Morgan fingerprint density at radius 3 is 2.22 bits per heavy atom. The Kier molecular flexibility index (Phi) is 8.48. The fraction of sp³-hybridized carbons (Fsp3) is 0.500. The van der Waals surface area contributed by atoms with Crippen LogP contribution in [0.25, 0.3) is 0 Å². The summed E-state index contributed by atoms with van der Waals surface area (Å²) in [5, 5.41) is 3.31. The lowest BCUT2D eigenvalue weighted by molar-refractivity contribution is 0.178. The molecule has 0 aromatic heterocycles.